The van der Waals surface area contributed by atoms with Crippen LogP contribution in [0.5, 0.6) is 0 Å². The monoisotopic (exact) mass is 295 g/mol. The maximum atomic E-state index is 11.9. The fraction of sp³-hybridized carbons (Fsp3) is 0.538. The summed E-state index contributed by atoms with van der Waals surface area (Å²) in [5.41, 5.74) is 0.618. The third-order valence-electron chi connectivity index (χ3n) is 2.67. The normalized spacial score (nSPS) is 13.5. The van der Waals surface area contributed by atoms with Gasteiger partial charge in [-0.15, -0.1) is 0 Å². The maximum Gasteiger partial charge on any atom is 0.389 e. The standard InChI is InChI=1S/C13H17ClF3NO/c14-11-6-2-1-5-10(11)12(19)9-18-8-4-3-7-13(15,16)17/h1-2,5-6,12,18-19H,3-4,7-9H2. The first kappa shape index (κ1) is 16.3. The van der Waals surface area contributed by atoms with Gasteiger partial charge in [-0.25, -0.2) is 0 Å². The first-order chi connectivity index (χ1) is 8.90. The molecule has 0 amide bonds. The van der Waals surface area contributed by atoms with Gasteiger partial charge in [0.05, 0.1) is 6.10 Å². The zero-order valence-electron chi connectivity index (χ0n) is 10.4. The lowest BCUT2D eigenvalue weighted by Crippen LogP contribution is -2.23. The van der Waals surface area contributed by atoms with Crippen LogP contribution in [0.4, 0.5) is 13.2 Å². The molecule has 0 saturated carbocycles. The fourth-order valence-corrected chi connectivity index (χ4v) is 1.93. The minimum atomic E-state index is -4.09. The van der Waals surface area contributed by atoms with E-state index in [2.05, 4.69) is 5.32 Å². The molecule has 0 saturated heterocycles. The van der Waals surface area contributed by atoms with Gasteiger partial charge in [0, 0.05) is 23.6 Å². The minimum absolute atomic E-state index is 0.0959. The zero-order valence-corrected chi connectivity index (χ0v) is 11.1. The van der Waals surface area contributed by atoms with Crippen molar-refractivity contribution in [2.75, 3.05) is 13.1 Å². The minimum Gasteiger partial charge on any atom is -0.387 e. The van der Waals surface area contributed by atoms with Crippen LogP contribution in [0.3, 0.4) is 0 Å². The van der Waals surface area contributed by atoms with Gasteiger partial charge in [-0.1, -0.05) is 29.8 Å². The molecule has 19 heavy (non-hydrogen) atoms. The number of benzene rings is 1. The predicted molar refractivity (Wildman–Crippen MR) is 69.2 cm³/mol. The summed E-state index contributed by atoms with van der Waals surface area (Å²) in [6, 6.07) is 6.94. The summed E-state index contributed by atoms with van der Waals surface area (Å²) in [7, 11) is 0. The van der Waals surface area contributed by atoms with Crippen molar-refractivity contribution in [2.45, 2.75) is 31.5 Å². The Bertz CT molecular complexity index is 384. The van der Waals surface area contributed by atoms with Crippen molar-refractivity contribution >= 4 is 11.6 Å². The molecule has 1 unspecified atom stereocenters. The first-order valence-corrected chi connectivity index (χ1v) is 6.48. The van der Waals surface area contributed by atoms with Gasteiger partial charge in [-0.3, -0.25) is 0 Å². The lowest BCUT2D eigenvalue weighted by molar-refractivity contribution is -0.135. The molecule has 6 heteroatoms. The third-order valence-corrected chi connectivity index (χ3v) is 3.01. The Morgan fingerprint density at radius 3 is 2.53 bits per heavy atom. The number of halogens is 4. The van der Waals surface area contributed by atoms with E-state index in [1.165, 1.54) is 0 Å². The molecule has 0 aliphatic carbocycles. The van der Waals surface area contributed by atoms with Gasteiger partial charge < -0.3 is 10.4 Å². The molecule has 0 aliphatic rings. The van der Waals surface area contributed by atoms with Crippen LogP contribution < -0.4 is 5.32 Å². The molecule has 0 spiro atoms. The number of rotatable bonds is 7. The van der Waals surface area contributed by atoms with Gasteiger partial charge >= 0.3 is 6.18 Å². The fourth-order valence-electron chi connectivity index (χ4n) is 1.67. The molecular weight excluding hydrogens is 279 g/mol. The molecule has 1 aromatic rings. The van der Waals surface area contributed by atoms with Crippen LogP contribution in [0.15, 0.2) is 24.3 Å². The van der Waals surface area contributed by atoms with Gasteiger partial charge in [0.15, 0.2) is 0 Å². The summed E-state index contributed by atoms with van der Waals surface area (Å²) < 4.78 is 35.7. The predicted octanol–water partition coefficient (Wildman–Crippen LogP) is 3.70. The molecule has 0 aliphatic heterocycles. The number of aliphatic hydroxyl groups is 1. The summed E-state index contributed by atoms with van der Waals surface area (Å²) in [6.45, 7) is 0.716. The Hall–Kier alpha value is -0.780. The van der Waals surface area contributed by atoms with Crippen molar-refractivity contribution in [1.29, 1.82) is 0 Å². The highest BCUT2D eigenvalue weighted by Crippen LogP contribution is 2.23. The van der Waals surface area contributed by atoms with Crippen LogP contribution in [0.25, 0.3) is 0 Å². The molecule has 1 aromatic carbocycles. The van der Waals surface area contributed by atoms with E-state index in [1.54, 1.807) is 24.3 Å². The molecule has 1 atom stereocenters. The smallest absolute Gasteiger partial charge is 0.387 e. The molecule has 0 heterocycles. The van der Waals surface area contributed by atoms with E-state index in [0.717, 1.165) is 0 Å². The molecule has 0 fully saturated rings. The van der Waals surface area contributed by atoms with Crippen LogP contribution in [0.1, 0.15) is 30.9 Å². The van der Waals surface area contributed by atoms with Crippen LogP contribution in [-0.4, -0.2) is 24.4 Å². The average Bonchev–Trinajstić information content (AvgIpc) is 2.32. The molecule has 0 bridgehead atoms. The quantitative estimate of drug-likeness (QED) is 0.752. The van der Waals surface area contributed by atoms with Crippen LogP contribution in [0, 0.1) is 0 Å². The first-order valence-electron chi connectivity index (χ1n) is 6.10. The summed E-state index contributed by atoms with van der Waals surface area (Å²) in [6.07, 6.45) is -5.08. The highest BCUT2D eigenvalue weighted by atomic mass is 35.5. The number of nitrogens with one attached hydrogen (secondary N) is 1. The van der Waals surface area contributed by atoms with E-state index in [1.807, 2.05) is 0 Å². The van der Waals surface area contributed by atoms with E-state index in [-0.39, 0.29) is 13.0 Å². The number of hydrogen-bond donors (Lipinski definition) is 2. The second kappa shape index (κ2) is 7.72. The van der Waals surface area contributed by atoms with E-state index < -0.39 is 18.7 Å². The van der Waals surface area contributed by atoms with Crippen LogP contribution in [0.2, 0.25) is 5.02 Å². The average molecular weight is 296 g/mol. The molecule has 0 radical (unpaired) electrons. The van der Waals surface area contributed by atoms with Crippen molar-refractivity contribution in [2.24, 2.45) is 0 Å². The number of alkyl halides is 3. The molecule has 1 rings (SSSR count). The van der Waals surface area contributed by atoms with Gasteiger partial charge in [0.2, 0.25) is 0 Å². The summed E-state index contributed by atoms with van der Waals surface area (Å²) >= 11 is 5.92. The third kappa shape index (κ3) is 6.80. The number of unbranched alkanes of at least 4 members (excludes halogenated alkanes) is 1. The zero-order chi connectivity index (χ0) is 14.3. The van der Waals surface area contributed by atoms with E-state index >= 15 is 0 Å². The van der Waals surface area contributed by atoms with E-state index in [4.69, 9.17) is 11.6 Å². The molecule has 2 nitrogen and oxygen atoms in total. The Labute approximate surface area is 115 Å². The topological polar surface area (TPSA) is 32.3 Å². The maximum absolute atomic E-state index is 11.9. The number of hydrogen-bond acceptors (Lipinski definition) is 2. The summed E-state index contributed by atoms with van der Waals surface area (Å²) in [4.78, 5) is 0. The van der Waals surface area contributed by atoms with Gasteiger partial charge in [-0.2, -0.15) is 13.2 Å². The second-order valence-corrected chi connectivity index (χ2v) is 4.72. The summed E-state index contributed by atoms with van der Waals surface area (Å²) in [5, 5.41) is 13.3. The molecule has 2 N–H and O–H groups in total. The molecule has 0 aromatic heterocycles. The largest absolute Gasteiger partial charge is 0.389 e. The number of aliphatic hydroxyl groups excluding tert-OH is 1. The Morgan fingerprint density at radius 2 is 1.89 bits per heavy atom. The SMILES string of the molecule is OC(CNCCCCC(F)(F)F)c1ccccc1Cl. The van der Waals surface area contributed by atoms with Crippen molar-refractivity contribution < 1.29 is 18.3 Å². The van der Waals surface area contributed by atoms with E-state index in [0.29, 0.717) is 23.6 Å². The van der Waals surface area contributed by atoms with Crippen molar-refractivity contribution in [3.63, 3.8) is 0 Å². The summed E-state index contributed by atoms with van der Waals surface area (Å²) in [5.74, 6) is 0. The molecular formula is C13H17ClF3NO. The van der Waals surface area contributed by atoms with Gasteiger partial charge in [0.25, 0.3) is 0 Å². The Balaban J connectivity index is 2.18. The highest BCUT2D eigenvalue weighted by Gasteiger charge is 2.25. The van der Waals surface area contributed by atoms with Gasteiger partial charge in [-0.05, 0) is 25.5 Å². The van der Waals surface area contributed by atoms with Crippen LogP contribution in [-0.2, 0) is 0 Å². The van der Waals surface area contributed by atoms with E-state index in [9.17, 15) is 18.3 Å². The van der Waals surface area contributed by atoms with Crippen molar-refractivity contribution in [3.8, 4) is 0 Å². The second-order valence-electron chi connectivity index (χ2n) is 4.31. The van der Waals surface area contributed by atoms with Crippen molar-refractivity contribution in [3.05, 3.63) is 34.9 Å². The highest BCUT2D eigenvalue weighted by molar-refractivity contribution is 6.31. The molecule has 108 valence electrons. The van der Waals surface area contributed by atoms with Gasteiger partial charge in [0.1, 0.15) is 0 Å². The lowest BCUT2D eigenvalue weighted by atomic mass is 10.1. The van der Waals surface area contributed by atoms with Crippen molar-refractivity contribution in [1.82, 2.24) is 5.32 Å². The van der Waals surface area contributed by atoms with Crippen LogP contribution >= 0.6 is 11.6 Å². The Kier molecular flexibility index (Phi) is 6.62. The Morgan fingerprint density at radius 1 is 1.21 bits per heavy atom. The lowest BCUT2D eigenvalue weighted by Gasteiger charge is -2.13.